The third-order valence-corrected chi connectivity index (χ3v) is 3.07. The van der Waals surface area contributed by atoms with Crippen LogP contribution in [-0.4, -0.2) is 7.11 Å². The Morgan fingerprint density at radius 3 is 1.92 bits per heavy atom. The summed E-state index contributed by atoms with van der Waals surface area (Å²) in [5.74, 6) is 1.38. The zero-order valence-electron chi connectivity index (χ0n) is 7.90. The Kier molecular flexibility index (Phi) is 3.80. The molecule has 0 aliphatic carbocycles. The molecule has 0 N–H and O–H groups in total. The maximum absolute atomic E-state index is 5.22. The average molecular weight is 308 g/mol. The van der Waals surface area contributed by atoms with Crippen LogP contribution in [0, 0.1) is 0 Å². The first kappa shape index (κ1) is 11.1. The van der Waals surface area contributed by atoms with Gasteiger partial charge < -0.3 is 4.74 Å². The van der Waals surface area contributed by atoms with Gasteiger partial charge in [0.15, 0.2) is 0 Å². The van der Waals surface area contributed by atoms with Gasteiger partial charge >= 0.3 is 0 Å². The van der Waals surface area contributed by atoms with Crippen LogP contribution in [-0.2, 0) is 0 Å². The normalized spacial score (nSPS) is 10.6. The summed E-state index contributed by atoms with van der Waals surface area (Å²) in [6, 6.07) is 4.18. The molecule has 0 unspecified atom stereocenters. The molecular weight excluding hydrogens is 296 g/mol. The van der Waals surface area contributed by atoms with Crippen molar-refractivity contribution in [2.45, 2.75) is 19.8 Å². The lowest BCUT2D eigenvalue weighted by molar-refractivity contribution is 0.409. The van der Waals surface area contributed by atoms with Gasteiger partial charge in [-0.1, -0.05) is 13.8 Å². The first-order chi connectivity index (χ1) is 6.06. The molecule has 3 heteroatoms. The van der Waals surface area contributed by atoms with Gasteiger partial charge in [-0.15, -0.1) is 0 Å². The van der Waals surface area contributed by atoms with Gasteiger partial charge in [-0.25, -0.2) is 0 Å². The van der Waals surface area contributed by atoms with Gasteiger partial charge in [0.25, 0.3) is 0 Å². The summed E-state index contributed by atoms with van der Waals surface area (Å²) in [4.78, 5) is 0. The van der Waals surface area contributed by atoms with Gasteiger partial charge in [0.2, 0.25) is 0 Å². The summed E-state index contributed by atoms with van der Waals surface area (Å²) in [7, 11) is 1.67. The molecule has 0 fully saturated rings. The van der Waals surface area contributed by atoms with Crippen LogP contribution in [0.15, 0.2) is 21.1 Å². The Balaban J connectivity index is 3.20. The van der Waals surface area contributed by atoms with E-state index in [0.717, 1.165) is 14.7 Å². The van der Waals surface area contributed by atoms with Crippen molar-refractivity contribution >= 4 is 31.9 Å². The van der Waals surface area contributed by atoms with Crippen LogP contribution in [0.1, 0.15) is 25.3 Å². The molecule has 0 saturated carbocycles. The fourth-order valence-corrected chi connectivity index (χ4v) is 2.65. The maximum Gasteiger partial charge on any atom is 0.147 e. The summed E-state index contributed by atoms with van der Waals surface area (Å²) in [6.45, 7) is 4.33. The molecular formula is C10H12Br2O. The second-order valence-electron chi connectivity index (χ2n) is 3.17. The van der Waals surface area contributed by atoms with E-state index in [-0.39, 0.29) is 0 Å². The third kappa shape index (κ3) is 2.47. The van der Waals surface area contributed by atoms with E-state index in [1.807, 2.05) is 0 Å². The molecule has 0 atom stereocenters. The van der Waals surface area contributed by atoms with E-state index in [0.29, 0.717) is 5.92 Å². The molecule has 0 saturated heterocycles. The minimum absolute atomic E-state index is 0.526. The molecule has 0 aromatic heterocycles. The van der Waals surface area contributed by atoms with Crippen molar-refractivity contribution in [1.29, 1.82) is 0 Å². The Bertz CT molecular complexity index is 285. The molecule has 0 aliphatic heterocycles. The fraction of sp³-hybridized carbons (Fsp3) is 0.400. The SMILES string of the molecule is COc1c(Br)cc(C(C)C)cc1Br. The Labute approximate surface area is 95.7 Å². The van der Waals surface area contributed by atoms with Gasteiger partial charge in [-0.05, 0) is 55.5 Å². The van der Waals surface area contributed by atoms with Crippen molar-refractivity contribution in [2.75, 3.05) is 7.11 Å². The zero-order chi connectivity index (χ0) is 10.0. The quantitative estimate of drug-likeness (QED) is 0.789. The van der Waals surface area contributed by atoms with Crippen molar-refractivity contribution < 1.29 is 4.74 Å². The van der Waals surface area contributed by atoms with E-state index in [1.165, 1.54) is 5.56 Å². The van der Waals surface area contributed by atoms with Gasteiger partial charge in [0, 0.05) is 0 Å². The van der Waals surface area contributed by atoms with E-state index in [1.54, 1.807) is 7.11 Å². The van der Waals surface area contributed by atoms with Gasteiger partial charge in [-0.3, -0.25) is 0 Å². The van der Waals surface area contributed by atoms with Crippen LogP contribution < -0.4 is 4.74 Å². The number of hydrogen-bond donors (Lipinski definition) is 0. The van der Waals surface area contributed by atoms with Crippen molar-refractivity contribution in [3.8, 4) is 5.75 Å². The van der Waals surface area contributed by atoms with Crippen molar-refractivity contribution in [2.24, 2.45) is 0 Å². The van der Waals surface area contributed by atoms with Crippen LogP contribution in [0.3, 0.4) is 0 Å². The van der Waals surface area contributed by atoms with Gasteiger partial charge in [-0.2, -0.15) is 0 Å². The highest BCUT2D eigenvalue weighted by Crippen LogP contribution is 2.36. The lowest BCUT2D eigenvalue weighted by atomic mass is 10.0. The second kappa shape index (κ2) is 4.47. The summed E-state index contributed by atoms with van der Waals surface area (Å²) >= 11 is 6.94. The molecule has 1 aromatic rings. The second-order valence-corrected chi connectivity index (χ2v) is 4.88. The van der Waals surface area contributed by atoms with E-state index in [2.05, 4.69) is 57.8 Å². The van der Waals surface area contributed by atoms with Crippen molar-refractivity contribution in [1.82, 2.24) is 0 Å². The molecule has 0 amide bonds. The number of ether oxygens (including phenoxy) is 1. The molecule has 0 radical (unpaired) electrons. The minimum Gasteiger partial charge on any atom is -0.494 e. The highest BCUT2D eigenvalue weighted by Gasteiger charge is 2.09. The molecule has 1 aromatic carbocycles. The number of halogens is 2. The van der Waals surface area contributed by atoms with E-state index in [4.69, 9.17) is 4.74 Å². The van der Waals surface area contributed by atoms with Crippen LogP contribution in [0.5, 0.6) is 5.75 Å². The lowest BCUT2D eigenvalue weighted by Crippen LogP contribution is -1.91. The van der Waals surface area contributed by atoms with E-state index >= 15 is 0 Å². The standard InChI is InChI=1S/C10H12Br2O/c1-6(2)7-4-8(11)10(13-3)9(12)5-7/h4-6H,1-3H3. The molecule has 72 valence electrons. The van der Waals surface area contributed by atoms with Crippen molar-refractivity contribution in [3.63, 3.8) is 0 Å². The lowest BCUT2D eigenvalue weighted by Gasteiger charge is -2.11. The molecule has 1 nitrogen and oxygen atoms in total. The molecule has 0 heterocycles. The van der Waals surface area contributed by atoms with Crippen LogP contribution in [0.2, 0.25) is 0 Å². The van der Waals surface area contributed by atoms with Gasteiger partial charge in [0.05, 0.1) is 16.1 Å². The van der Waals surface area contributed by atoms with Crippen LogP contribution >= 0.6 is 31.9 Å². The highest BCUT2D eigenvalue weighted by molar-refractivity contribution is 9.11. The monoisotopic (exact) mass is 306 g/mol. The number of hydrogen-bond acceptors (Lipinski definition) is 1. The van der Waals surface area contributed by atoms with E-state index in [9.17, 15) is 0 Å². The summed E-state index contributed by atoms with van der Waals surface area (Å²) < 4.78 is 7.20. The zero-order valence-corrected chi connectivity index (χ0v) is 11.1. The largest absolute Gasteiger partial charge is 0.494 e. The highest BCUT2D eigenvalue weighted by atomic mass is 79.9. The molecule has 0 bridgehead atoms. The Morgan fingerprint density at radius 1 is 1.15 bits per heavy atom. The first-order valence-electron chi connectivity index (χ1n) is 4.09. The molecule has 0 spiro atoms. The summed E-state index contributed by atoms with van der Waals surface area (Å²) in [6.07, 6.45) is 0. The predicted octanol–water partition coefficient (Wildman–Crippen LogP) is 4.34. The van der Waals surface area contributed by atoms with Crippen LogP contribution in [0.25, 0.3) is 0 Å². The number of rotatable bonds is 2. The smallest absolute Gasteiger partial charge is 0.147 e. The van der Waals surface area contributed by atoms with E-state index < -0.39 is 0 Å². The number of benzene rings is 1. The maximum atomic E-state index is 5.22. The third-order valence-electron chi connectivity index (χ3n) is 1.89. The number of methoxy groups -OCH3 is 1. The molecule has 13 heavy (non-hydrogen) atoms. The molecule has 0 aliphatic rings. The van der Waals surface area contributed by atoms with Crippen LogP contribution in [0.4, 0.5) is 0 Å². The fourth-order valence-electron chi connectivity index (χ4n) is 1.11. The summed E-state index contributed by atoms with van der Waals surface area (Å²) in [5, 5.41) is 0. The Morgan fingerprint density at radius 2 is 1.62 bits per heavy atom. The minimum atomic E-state index is 0.526. The Hall–Kier alpha value is -0.0200. The average Bonchev–Trinajstić information content (AvgIpc) is 2.03. The predicted molar refractivity (Wildman–Crippen MR) is 62.5 cm³/mol. The molecule has 1 rings (SSSR count). The first-order valence-corrected chi connectivity index (χ1v) is 5.67. The van der Waals surface area contributed by atoms with Crippen molar-refractivity contribution in [3.05, 3.63) is 26.6 Å². The summed E-state index contributed by atoms with van der Waals surface area (Å²) in [5.41, 5.74) is 1.29. The van der Waals surface area contributed by atoms with Gasteiger partial charge in [0.1, 0.15) is 5.75 Å². The topological polar surface area (TPSA) is 9.23 Å².